The van der Waals surface area contributed by atoms with Crippen molar-refractivity contribution in [1.82, 2.24) is 24.4 Å². The van der Waals surface area contributed by atoms with Crippen LogP contribution in [0, 0.1) is 20.8 Å². The summed E-state index contributed by atoms with van der Waals surface area (Å²) in [6.45, 7) is 7.25. The van der Waals surface area contributed by atoms with E-state index in [1.807, 2.05) is 67.8 Å². The number of rotatable bonds is 10. The largest absolute Gasteiger partial charge is 0.379 e. The SMILES string of the molecule is Cc1cccc(-n2c(CNC(=O)c3ccc(S(=O)(=O)N4CCOCC4)cc3)nnc2SCC(=O)Nc2cc(C)ccc2C)c1. The van der Waals surface area contributed by atoms with Gasteiger partial charge in [0.2, 0.25) is 15.9 Å². The van der Waals surface area contributed by atoms with E-state index in [2.05, 4.69) is 20.8 Å². The number of amides is 2. The average molecular weight is 635 g/mol. The highest BCUT2D eigenvalue weighted by molar-refractivity contribution is 7.99. The van der Waals surface area contributed by atoms with Gasteiger partial charge < -0.3 is 15.4 Å². The minimum absolute atomic E-state index is 0.0584. The molecule has 11 nitrogen and oxygen atoms in total. The smallest absolute Gasteiger partial charge is 0.251 e. The molecular formula is C31H34N6O5S2. The van der Waals surface area contributed by atoms with E-state index in [9.17, 15) is 18.0 Å². The molecule has 0 spiro atoms. The van der Waals surface area contributed by atoms with Gasteiger partial charge in [0.05, 0.1) is 30.4 Å². The lowest BCUT2D eigenvalue weighted by molar-refractivity contribution is -0.113. The van der Waals surface area contributed by atoms with Crippen LogP contribution in [-0.4, -0.2) is 71.4 Å². The van der Waals surface area contributed by atoms with Crippen molar-refractivity contribution in [3.05, 3.63) is 94.8 Å². The van der Waals surface area contributed by atoms with Gasteiger partial charge in [-0.1, -0.05) is 36.0 Å². The molecule has 0 radical (unpaired) electrons. The minimum Gasteiger partial charge on any atom is -0.379 e. The lowest BCUT2D eigenvalue weighted by Crippen LogP contribution is -2.40. The predicted octanol–water partition coefficient (Wildman–Crippen LogP) is 3.87. The minimum atomic E-state index is -3.66. The first-order valence-electron chi connectivity index (χ1n) is 14.1. The second kappa shape index (κ2) is 13.7. The maximum atomic E-state index is 13.0. The number of benzene rings is 3. The highest BCUT2D eigenvalue weighted by Gasteiger charge is 2.26. The van der Waals surface area contributed by atoms with Gasteiger partial charge in [0.1, 0.15) is 0 Å². The second-order valence-corrected chi connectivity index (χ2v) is 13.3. The fraction of sp³-hybridized carbons (Fsp3) is 0.290. The summed E-state index contributed by atoms with van der Waals surface area (Å²) in [6, 6.07) is 19.5. The van der Waals surface area contributed by atoms with E-state index < -0.39 is 10.0 Å². The molecule has 2 N–H and O–H groups in total. The summed E-state index contributed by atoms with van der Waals surface area (Å²) >= 11 is 1.25. The summed E-state index contributed by atoms with van der Waals surface area (Å²) in [5.41, 5.74) is 4.94. The van der Waals surface area contributed by atoms with Crippen molar-refractivity contribution in [2.24, 2.45) is 0 Å². The van der Waals surface area contributed by atoms with E-state index in [0.29, 0.717) is 42.8 Å². The Labute approximate surface area is 261 Å². The van der Waals surface area contributed by atoms with Gasteiger partial charge in [-0.2, -0.15) is 4.31 Å². The van der Waals surface area contributed by atoms with Crippen LogP contribution >= 0.6 is 11.8 Å². The van der Waals surface area contributed by atoms with Gasteiger partial charge in [-0.15, -0.1) is 10.2 Å². The molecular weight excluding hydrogens is 601 g/mol. The van der Waals surface area contributed by atoms with Crippen LogP contribution in [0.5, 0.6) is 0 Å². The predicted molar refractivity (Wildman–Crippen MR) is 169 cm³/mol. The number of hydrogen-bond donors (Lipinski definition) is 2. The first-order chi connectivity index (χ1) is 21.1. The molecule has 0 saturated carbocycles. The molecule has 0 bridgehead atoms. The number of carbonyl (C=O) groups is 2. The molecule has 0 aliphatic carbocycles. The summed E-state index contributed by atoms with van der Waals surface area (Å²) in [7, 11) is -3.66. The molecule has 1 fully saturated rings. The molecule has 4 aromatic rings. The van der Waals surface area contributed by atoms with Crippen molar-refractivity contribution in [3.8, 4) is 5.69 Å². The molecule has 1 saturated heterocycles. The van der Waals surface area contributed by atoms with Crippen LogP contribution in [0.3, 0.4) is 0 Å². The summed E-state index contributed by atoms with van der Waals surface area (Å²) in [5, 5.41) is 15.0. The van der Waals surface area contributed by atoms with Gasteiger partial charge in [0.25, 0.3) is 5.91 Å². The number of nitrogens with zero attached hydrogens (tertiary/aromatic N) is 4. The lowest BCUT2D eigenvalue weighted by Gasteiger charge is -2.26. The van der Waals surface area contributed by atoms with Crippen LogP contribution in [0.1, 0.15) is 32.9 Å². The first-order valence-corrected chi connectivity index (χ1v) is 16.5. The van der Waals surface area contributed by atoms with E-state index in [0.717, 1.165) is 28.1 Å². The highest BCUT2D eigenvalue weighted by atomic mass is 32.2. The van der Waals surface area contributed by atoms with Crippen molar-refractivity contribution in [2.75, 3.05) is 37.4 Å². The number of sulfonamides is 1. The third-order valence-corrected chi connectivity index (χ3v) is 9.93. The monoisotopic (exact) mass is 634 g/mol. The number of hydrogen-bond acceptors (Lipinski definition) is 8. The molecule has 1 aromatic heterocycles. The van der Waals surface area contributed by atoms with Gasteiger partial charge >= 0.3 is 0 Å². The number of morpholine rings is 1. The van der Waals surface area contributed by atoms with Crippen LogP contribution in [0.25, 0.3) is 5.69 Å². The summed E-state index contributed by atoms with van der Waals surface area (Å²) < 4.78 is 34.3. The van der Waals surface area contributed by atoms with E-state index >= 15 is 0 Å². The Bertz CT molecular complexity index is 1770. The number of thioether (sulfide) groups is 1. The van der Waals surface area contributed by atoms with E-state index in [4.69, 9.17) is 4.74 Å². The lowest BCUT2D eigenvalue weighted by atomic mass is 10.1. The first kappa shape index (κ1) is 31.4. The van der Waals surface area contributed by atoms with Crippen LogP contribution in [0.15, 0.2) is 76.8 Å². The van der Waals surface area contributed by atoms with Crippen molar-refractivity contribution < 1.29 is 22.7 Å². The third kappa shape index (κ3) is 7.36. The Morgan fingerprint density at radius 2 is 1.66 bits per heavy atom. The van der Waals surface area contributed by atoms with Crippen LogP contribution in [0.4, 0.5) is 5.69 Å². The number of nitrogens with one attached hydrogen (secondary N) is 2. The van der Waals surface area contributed by atoms with E-state index in [-0.39, 0.29) is 29.0 Å². The normalized spacial score (nSPS) is 13.9. The Balaban J connectivity index is 1.28. The average Bonchev–Trinajstić information content (AvgIpc) is 3.44. The summed E-state index contributed by atoms with van der Waals surface area (Å²) in [4.78, 5) is 26.0. The topological polar surface area (TPSA) is 136 Å². The fourth-order valence-corrected chi connectivity index (χ4v) is 6.88. The van der Waals surface area contributed by atoms with Crippen LogP contribution in [0.2, 0.25) is 0 Å². The maximum absolute atomic E-state index is 13.0. The van der Waals surface area contributed by atoms with E-state index in [1.54, 1.807) is 0 Å². The van der Waals surface area contributed by atoms with Gasteiger partial charge in [-0.25, -0.2) is 8.42 Å². The van der Waals surface area contributed by atoms with Gasteiger partial charge in [-0.3, -0.25) is 14.2 Å². The number of carbonyl (C=O) groups excluding carboxylic acids is 2. The number of anilines is 1. The van der Waals surface area contributed by atoms with Gasteiger partial charge in [0, 0.05) is 30.0 Å². The molecule has 1 aliphatic rings. The summed E-state index contributed by atoms with van der Waals surface area (Å²) in [6.07, 6.45) is 0. The fourth-order valence-electron chi connectivity index (χ4n) is 4.70. The zero-order chi connectivity index (χ0) is 31.3. The molecule has 3 aromatic carbocycles. The second-order valence-electron chi connectivity index (χ2n) is 10.5. The van der Waals surface area contributed by atoms with Crippen LogP contribution < -0.4 is 10.6 Å². The third-order valence-electron chi connectivity index (χ3n) is 7.09. The number of aromatic nitrogens is 3. The Kier molecular flexibility index (Phi) is 9.79. The van der Waals surface area contributed by atoms with E-state index in [1.165, 1.54) is 40.3 Å². The standard InChI is InChI=1S/C31H34N6O5S2/c1-21-5-4-6-25(17-21)37-28(34-35-31(37)43-20-29(38)33-27-18-22(2)7-8-23(27)3)19-32-30(39)24-9-11-26(12-10-24)44(40,41)36-13-15-42-16-14-36/h4-12,17-18H,13-16,19-20H2,1-3H3,(H,32,39)(H,33,38). The molecule has 44 heavy (non-hydrogen) atoms. The summed E-state index contributed by atoms with van der Waals surface area (Å²) in [5.74, 6) is 0.0363. The molecule has 1 aliphatic heterocycles. The van der Waals surface area contributed by atoms with Crippen molar-refractivity contribution in [1.29, 1.82) is 0 Å². The highest BCUT2D eigenvalue weighted by Crippen LogP contribution is 2.24. The quantitative estimate of drug-likeness (QED) is 0.251. The van der Waals surface area contributed by atoms with Crippen molar-refractivity contribution >= 4 is 39.3 Å². The maximum Gasteiger partial charge on any atom is 0.251 e. The van der Waals surface area contributed by atoms with Gasteiger partial charge in [0.15, 0.2) is 11.0 Å². The zero-order valence-corrected chi connectivity index (χ0v) is 26.4. The molecule has 5 rings (SSSR count). The number of ether oxygens (including phenoxy) is 1. The van der Waals surface area contributed by atoms with Crippen molar-refractivity contribution in [2.45, 2.75) is 37.4 Å². The zero-order valence-electron chi connectivity index (χ0n) is 24.7. The Hall–Kier alpha value is -4.04. The molecule has 230 valence electrons. The molecule has 0 atom stereocenters. The molecule has 2 amide bonds. The molecule has 0 unspecified atom stereocenters. The Morgan fingerprint density at radius 3 is 2.39 bits per heavy atom. The van der Waals surface area contributed by atoms with Crippen LogP contribution in [-0.2, 0) is 26.1 Å². The Morgan fingerprint density at radius 1 is 0.932 bits per heavy atom. The molecule has 13 heteroatoms. The number of aryl methyl sites for hydroxylation is 3. The van der Waals surface area contributed by atoms with Crippen molar-refractivity contribution in [3.63, 3.8) is 0 Å². The molecule has 2 heterocycles. The van der Waals surface area contributed by atoms with Gasteiger partial charge in [-0.05, 0) is 79.9 Å².